The lowest BCUT2D eigenvalue weighted by atomic mass is 9.97. The van der Waals surface area contributed by atoms with E-state index in [2.05, 4.69) is 0 Å². The van der Waals surface area contributed by atoms with Crippen LogP contribution in [0.25, 0.3) is 0 Å². The summed E-state index contributed by atoms with van der Waals surface area (Å²) in [6, 6.07) is 2.96. The van der Waals surface area contributed by atoms with Crippen molar-refractivity contribution in [3.05, 3.63) is 29.6 Å². The summed E-state index contributed by atoms with van der Waals surface area (Å²) in [7, 11) is 0. The molecule has 0 aliphatic heterocycles. The average Bonchev–Trinajstić information content (AvgIpc) is 2.10. The lowest BCUT2D eigenvalue weighted by Gasteiger charge is -2.10. The molecule has 15 heavy (non-hydrogen) atoms. The Labute approximate surface area is 83.9 Å². The topological polar surface area (TPSA) is 101 Å². The summed E-state index contributed by atoms with van der Waals surface area (Å²) in [4.78, 5) is 21.3. The first-order valence-electron chi connectivity index (χ1n) is 3.94. The van der Waals surface area contributed by atoms with Crippen LogP contribution in [0.15, 0.2) is 18.2 Å². The van der Waals surface area contributed by atoms with Gasteiger partial charge in [-0.1, -0.05) is 0 Å². The molecule has 0 saturated heterocycles. The maximum atomic E-state index is 12.8. The largest absolute Gasteiger partial charge is 0.480 e. The number of halogens is 1. The van der Waals surface area contributed by atoms with E-state index in [0.717, 1.165) is 18.2 Å². The van der Waals surface area contributed by atoms with Gasteiger partial charge in [-0.15, -0.1) is 0 Å². The van der Waals surface area contributed by atoms with E-state index in [9.17, 15) is 14.0 Å². The van der Waals surface area contributed by atoms with Crippen molar-refractivity contribution in [3.63, 3.8) is 0 Å². The molecule has 6 heteroatoms. The van der Waals surface area contributed by atoms with Crippen LogP contribution in [0.2, 0.25) is 0 Å². The Balaban J connectivity index is 3.28. The third kappa shape index (κ3) is 2.22. The van der Waals surface area contributed by atoms with Gasteiger partial charge in [0.25, 0.3) is 0 Å². The fraction of sp³-hybridized carbons (Fsp3) is 0.111. The van der Waals surface area contributed by atoms with E-state index in [4.69, 9.17) is 15.9 Å². The van der Waals surface area contributed by atoms with Crippen LogP contribution in [0.3, 0.4) is 0 Å². The fourth-order valence-electron chi connectivity index (χ4n) is 1.17. The highest BCUT2D eigenvalue weighted by Gasteiger charge is 2.29. The van der Waals surface area contributed by atoms with E-state index in [0.29, 0.717) is 0 Å². The van der Waals surface area contributed by atoms with Gasteiger partial charge >= 0.3 is 11.9 Å². The third-order valence-electron chi connectivity index (χ3n) is 1.85. The first kappa shape index (κ1) is 11.0. The number of hydrogen-bond donors (Lipinski definition) is 3. The predicted octanol–water partition coefficient (Wildman–Crippen LogP) is 0.661. The van der Waals surface area contributed by atoms with E-state index in [1.54, 1.807) is 0 Å². The van der Waals surface area contributed by atoms with E-state index in [1.807, 2.05) is 0 Å². The molecule has 0 aromatic heterocycles. The van der Waals surface area contributed by atoms with Crippen molar-refractivity contribution < 1.29 is 24.2 Å². The molecule has 0 aliphatic carbocycles. The molecule has 0 amide bonds. The number of nitrogen functional groups attached to an aromatic ring is 1. The van der Waals surface area contributed by atoms with Crippen molar-refractivity contribution in [1.29, 1.82) is 0 Å². The van der Waals surface area contributed by atoms with Gasteiger partial charge in [-0.2, -0.15) is 0 Å². The average molecular weight is 213 g/mol. The standard InChI is InChI=1S/C9H8FNO4/c10-4-1-2-6(11)5(3-4)7(8(12)13)9(14)15/h1-3,7H,11H2,(H,12,13)(H,14,15). The Bertz CT molecular complexity index is 405. The normalized spacial score (nSPS) is 10.3. The van der Waals surface area contributed by atoms with Gasteiger partial charge in [-0.3, -0.25) is 9.59 Å². The number of aliphatic carboxylic acids is 2. The molecule has 5 nitrogen and oxygen atoms in total. The Morgan fingerprint density at radius 1 is 1.27 bits per heavy atom. The van der Waals surface area contributed by atoms with Crippen molar-refractivity contribution in [2.45, 2.75) is 5.92 Å². The summed E-state index contributed by atoms with van der Waals surface area (Å²) in [6.07, 6.45) is 0. The number of benzene rings is 1. The molecule has 0 unspecified atom stereocenters. The molecule has 0 fully saturated rings. The Morgan fingerprint density at radius 3 is 2.27 bits per heavy atom. The number of carboxylic acids is 2. The molecule has 0 saturated carbocycles. The predicted molar refractivity (Wildman–Crippen MR) is 48.8 cm³/mol. The smallest absolute Gasteiger partial charge is 0.322 e. The van der Waals surface area contributed by atoms with Crippen LogP contribution >= 0.6 is 0 Å². The Hall–Kier alpha value is -2.11. The first-order valence-corrected chi connectivity index (χ1v) is 3.94. The quantitative estimate of drug-likeness (QED) is 0.505. The highest BCUT2D eigenvalue weighted by molar-refractivity contribution is 6.00. The maximum Gasteiger partial charge on any atom is 0.322 e. The zero-order valence-electron chi connectivity index (χ0n) is 7.48. The number of anilines is 1. The van der Waals surface area contributed by atoms with Gasteiger partial charge in [0.2, 0.25) is 0 Å². The number of rotatable bonds is 3. The first-order chi connectivity index (χ1) is 6.93. The highest BCUT2D eigenvalue weighted by atomic mass is 19.1. The van der Waals surface area contributed by atoms with Gasteiger partial charge in [0.1, 0.15) is 5.82 Å². The molecule has 4 N–H and O–H groups in total. The molecule has 0 atom stereocenters. The minimum absolute atomic E-state index is 0.0637. The summed E-state index contributed by atoms with van der Waals surface area (Å²) >= 11 is 0. The summed E-state index contributed by atoms with van der Waals surface area (Å²) in [6.45, 7) is 0. The van der Waals surface area contributed by atoms with Crippen LogP contribution in [0.5, 0.6) is 0 Å². The number of nitrogens with two attached hydrogens (primary N) is 1. The van der Waals surface area contributed by atoms with E-state index in [1.165, 1.54) is 0 Å². The van der Waals surface area contributed by atoms with Crippen molar-refractivity contribution in [1.82, 2.24) is 0 Å². The lowest BCUT2D eigenvalue weighted by molar-refractivity contribution is -0.150. The Kier molecular flexibility index (Phi) is 2.89. The summed E-state index contributed by atoms with van der Waals surface area (Å²) < 4.78 is 12.8. The second-order valence-corrected chi connectivity index (χ2v) is 2.88. The zero-order chi connectivity index (χ0) is 11.6. The maximum absolute atomic E-state index is 12.8. The minimum atomic E-state index is -1.85. The van der Waals surface area contributed by atoms with Gasteiger partial charge in [0.05, 0.1) is 0 Å². The van der Waals surface area contributed by atoms with Gasteiger partial charge in [0.15, 0.2) is 5.92 Å². The summed E-state index contributed by atoms with van der Waals surface area (Å²) in [5.74, 6) is -5.74. The molecular weight excluding hydrogens is 205 g/mol. The van der Waals surface area contributed by atoms with E-state index < -0.39 is 23.7 Å². The molecule has 0 bridgehead atoms. The molecule has 1 rings (SSSR count). The zero-order valence-corrected chi connectivity index (χ0v) is 7.48. The van der Waals surface area contributed by atoms with Crippen LogP contribution in [-0.4, -0.2) is 22.2 Å². The monoisotopic (exact) mass is 213 g/mol. The van der Waals surface area contributed by atoms with Crippen molar-refractivity contribution in [3.8, 4) is 0 Å². The van der Waals surface area contributed by atoms with Gasteiger partial charge in [-0.25, -0.2) is 4.39 Å². The van der Waals surface area contributed by atoms with Crippen molar-refractivity contribution in [2.24, 2.45) is 0 Å². The van der Waals surface area contributed by atoms with Gasteiger partial charge in [0, 0.05) is 11.3 Å². The van der Waals surface area contributed by atoms with Gasteiger partial charge in [-0.05, 0) is 18.2 Å². The molecule has 0 heterocycles. The molecule has 80 valence electrons. The second kappa shape index (κ2) is 3.95. The third-order valence-corrected chi connectivity index (χ3v) is 1.85. The second-order valence-electron chi connectivity index (χ2n) is 2.88. The SMILES string of the molecule is Nc1ccc(F)cc1C(C(=O)O)C(=O)O. The molecule has 0 radical (unpaired) electrons. The highest BCUT2D eigenvalue weighted by Crippen LogP contribution is 2.23. The van der Waals surface area contributed by atoms with Crippen LogP contribution in [0.4, 0.5) is 10.1 Å². The van der Waals surface area contributed by atoms with Crippen molar-refractivity contribution >= 4 is 17.6 Å². The summed E-state index contributed by atoms with van der Waals surface area (Å²) in [5, 5.41) is 17.3. The van der Waals surface area contributed by atoms with Crippen LogP contribution < -0.4 is 5.73 Å². The summed E-state index contributed by atoms with van der Waals surface area (Å²) in [5.41, 5.74) is 5.05. The van der Waals surface area contributed by atoms with Crippen LogP contribution in [0, 0.1) is 5.82 Å². The van der Waals surface area contributed by atoms with Gasteiger partial charge < -0.3 is 15.9 Å². The lowest BCUT2D eigenvalue weighted by Crippen LogP contribution is -2.22. The van der Waals surface area contributed by atoms with E-state index >= 15 is 0 Å². The van der Waals surface area contributed by atoms with Crippen LogP contribution in [0.1, 0.15) is 11.5 Å². The molecule has 1 aromatic carbocycles. The van der Waals surface area contributed by atoms with Crippen LogP contribution in [-0.2, 0) is 9.59 Å². The molecular formula is C9H8FNO4. The fourth-order valence-corrected chi connectivity index (χ4v) is 1.17. The molecule has 0 spiro atoms. The molecule has 1 aromatic rings. The number of carboxylic acid groups (broad SMARTS) is 2. The van der Waals surface area contributed by atoms with Crippen molar-refractivity contribution in [2.75, 3.05) is 5.73 Å². The number of carbonyl (C=O) groups is 2. The molecule has 0 aliphatic rings. The minimum Gasteiger partial charge on any atom is -0.480 e. The Morgan fingerprint density at radius 2 is 1.80 bits per heavy atom. The van der Waals surface area contributed by atoms with E-state index in [-0.39, 0.29) is 11.3 Å². The number of hydrogen-bond acceptors (Lipinski definition) is 3.